The van der Waals surface area contributed by atoms with Crippen LogP contribution in [0.1, 0.15) is 10.6 Å². The van der Waals surface area contributed by atoms with E-state index in [1.807, 2.05) is 4.90 Å². The fraction of sp³-hybridized carbons (Fsp3) is 0.500. The third-order valence-corrected chi connectivity index (χ3v) is 4.03. The molecule has 1 fully saturated rings. The van der Waals surface area contributed by atoms with Crippen LogP contribution in [0.4, 0.5) is 0 Å². The van der Waals surface area contributed by atoms with Gasteiger partial charge >= 0.3 is 0 Å². The fourth-order valence-electron chi connectivity index (χ4n) is 2.11. The van der Waals surface area contributed by atoms with Crippen LogP contribution in [0.5, 0.6) is 0 Å². The molecule has 1 saturated heterocycles. The van der Waals surface area contributed by atoms with Gasteiger partial charge in [-0.15, -0.1) is 0 Å². The highest BCUT2D eigenvalue weighted by Gasteiger charge is 2.23. The SMILES string of the molecule is O=C(NC(=S)N1CC[NH+](CCO)CC1)c1ccc(Br)o1. The summed E-state index contributed by atoms with van der Waals surface area (Å²) >= 11 is 8.39. The van der Waals surface area contributed by atoms with Crippen molar-refractivity contribution >= 4 is 39.2 Å². The number of nitrogens with zero attached hydrogens (tertiary/aromatic N) is 1. The molecular weight excluding hydrogens is 346 g/mol. The maximum absolute atomic E-state index is 11.9. The van der Waals surface area contributed by atoms with E-state index in [9.17, 15) is 4.79 Å². The second-order valence-electron chi connectivity index (χ2n) is 4.57. The number of amides is 1. The molecule has 3 N–H and O–H groups in total. The Morgan fingerprint density at radius 1 is 1.50 bits per heavy atom. The Kier molecular flexibility index (Phi) is 5.53. The molecule has 1 aromatic rings. The van der Waals surface area contributed by atoms with E-state index in [1.165, 1.54) is 4.90 Å². The van der Waals surface area contributed by atoms with E-state index in [0.29, 0.717) is 9.78 Å². The molecular formula is C12H17BrN3O3S+. The molecule has 1 aliphatic rings. The van der Waals surface area contributed by atoms with Crippen LogP contribution >= 0.6 is 28.1 Å². The summed E-state index contributed by atoms with van der Waals surface area (Å²) in [4.78, 5) is 15.2. The highest BCUT2D eigenvalue weighted by Crippen LogP contribution is 2.13. The van der Waals surface area contributed by atoms with Crippen molar-refractivity contribution in [2.75, 3.05) is 39.3 Å². The Bertz CT molecular complexity index is 486. The zero-order chi connectivity index (χ0) is 14.5. The number of piperazine rings is 1. The molecule has 0 radical (unpaired) electrons. The van der Waals surface area contributed by atoms with Crippen molar-refractivity contribution < 1.29 is 19.2 Å². The van der Waals surface area contributed by atoms with Gasteiger partial charge < -0.3 is 19.3 Å². The first kappa shape index (κ1) is 15.4. The molecule has 1 aliphatic heterocycles. The van der Waals surface area contributed by atoms with Crippen LogP contribution in [-0.4, -0.2) is 60.4 Å². The molecule has 20 heavy (non-hydrogen) atoms. The van der Waals surface area contributed by atoms with Gasteiger partial charge in [0.1, 0.15) is 6.54 Å². The molecule has 8 heteroatoms. The third-order valence-electron chi connectivity index (χ3n) is 3.24. The van der Waals surface area contributed by atoms with Crippen molar-refractivity contribution in [1.82, 2.24) is 10.2 Å². The van der Waals surface area contributed by atoms with E-state index < -0.39 is 0 Å². The monoisotopic (exact) mass is 362 g/mol. The van der Waals surface area contributed by atoms with Gasteiger partial charge in [0.15, 0.2) is 15.5 Å². The van der Waals surface area contributed by atoms with E-state index in [2.05, 4.69) is 21.2 Å². The molecule has 1 amide bonds. The molecule has 0 atom stereocenters. The first-order valence-electron chi connectivity index (χ1n) is 6.40. The van der Waals surface area contributed by atoms with Crippen molar-refractivity contribution in [2.45, 2.75) is 0 Å². The zero-order valence-electron chi connectivity index (χ0n) is 10.9. The molecule has 2 heterocycles. The van der Waals surface area contributed by atoms with Gasteiger partial charge in [0.2, 0.25) is 0 Å². The van der Waals surface area contributed by atoms with Gasteiger partial charge in [-0.1, -0.05) is 0 Å². The van der Waals surface area contributed by atoms with Crippen molar-refractivity contribution in [3.05, 3.63) is 22.6 Å². The number of carbonyl (C=O) groups is 1. The molecule has 0 unspecified atom stereocenters. The Balaban J connectivity index is 1.82. The summed E-state index contributed by atoms with van der Waals surface area (Å²) in [7, 11) is 0. The standard InChI is InChI=1S/C12H16BrN3O3S/c13-10-2-1-9(19-10)11(18)14-12(20)16-5-3-15(4-6-16)7-8-17/h1-2,17H,3-8H2,(H,14,18,20)/p+1. The van der Waals surface area contributed by atoms with Crippen molar-refractivity contribution in [3.63, 3.8) is 0 Å². The molecule has 0 aliphatic carbocycles. The quantitative estimate of drug-likeness (QED) is 0.617. The summed E-state index contributed by atoms with van der Waals surface area (Å²) in [5.74, 6) is -0.116. The number of furan rings is 1. The van der Waals surface area contributed by atoms with Crippen LogP contribution in [0.25, 0.3) is 0 Å². The summed E-state index contributed by atoms with van der Waals surface area (Å²) < 4.78 is 5.69. The van der Waals surface area contributed by atoms with E-state index in [-0.39, 0.29) is 18.3 Å². The number of nitrogens with one attached hydrogen (secondary N) is 2. The highest BCUT2D eigenvalue weighted by molar-refractivity contribution is 9.10. The number of hydrogen-bond donors (Lipinski definition) is 3. The maximum atomic E-state index is 11.9. The first-order valence-corrected chi connectivity index (χ1v) is 7.60. The van der Waals surface area contributed by atoms with Gasteiger partial charge in [0, 0.05) is 0 Å². The van der Waals surface area contributed by atoms with Crippen molar-refractivity contribution in [2.24, 2.45) is 0 Å². The van der Waals surface area contributed by atoms with Gasteiger partial charge in [-0.3, -0.25) is 10.1 Å². The lowest BCUT2D eigenvalue weighted by Gasteiger charge is -2.33. The van der Waals surface area contributed by atoms with Gasteiger partial charge in [0.05, 0.1) is 32.8 Å². The largest absolute Gasteiger partial charge is 0.444 e. The van der Waals surface area contributed by atoms with Crippen LogP contribution < -0.4 is 10.2 Å². The molecule has 0 saturated carbocycles. The molecule has 2 rings (SSSR count). The minimum Gasteiger partial charge on any atom is -0.444 e. The average molecular weight is 363 g/mol. The molecule has 1 aromatic heterocycles. The van der Waals surface area contributed by atoms with Crippen LogP contribution in [-0.2, 0) is 0 Å². The second kappa shape index (κ2) is 7.16. The number of halogens is 1. The van der Waals surface area contributed by atoms with Crippen LogP contribution in [0, 0.1) is 0 Å². The first-order chi connectivity index (χ1) is 9.60. The molecule has 6 nitrogen and oxygen atoms in total. The van der Waals surface area contributed by atoms with E-state index in [4.69, 9.17) is 21.7 Å². The Labute approximate surface area is 130 Å². The van der Waals surface area contributed by atoms with E-state index in [0.717, 1.165) is 32.7 Å². The lowest BCUT2D eigenvalue weighted by Crippen LogP contribution is -3.15. The number of aliphatic hydroxyl groups excluding tert-OH is 1. The minimum absolute atomic E-state index is 0.198. The van der Waals surface area contributed by atoms with E-state index in [1.54, 1.807) is 12.1 Å². The molecule has 0 spiro atoms. The molecule has 110 valence electrons. The van der Waals surface area contributed by atoms with Gasteiger partial charge in [-0.05, 0) is 40.3 Å². The summed E-state index contributed by atoms with van der Waals surface area (Å²) in [6.45, 7) is 4.32. The lowest BCUT2D eigenvalue weighted by molar-refractivity contribution is -0.904. The van der Waals surface area contributed by atoms with Crippen LogP contribution in [0.15, 0.2) is 21.2 Å². The lowest BCUT2D eigenvalue weighted by atomic mass is 10.3. The summed E-state index contributed by atoms with van der Waals surface area (Å²) in [5.41, 5.74) is 0. The Morgan fingerprint density at radius 2 is 2.20 bits per heavy atom. The van der Waals surface area contributed by atoms with Crippen LogP contribution in [0.2, 0.25) is 0 Å². The number of aliphatic hydroxyl groups is 1. The number of thiocarbonyl (C=S) groups is 1. The van der Waals surface area contributed by atoms with Crippen LogP contribution in [0.3, 0.4) is 0 Å². The van der Waals surface area contributed by atoms with Gasteiger partial charge in [-0.25, -0.2) is 0 Å². The Morgan fingerprint density at radius 3 is 2.75 bits per heavy atom. The van der Waals surface area contributed by atoms with Crippen molar-refractivity contribution in [1.29, 1.82) is 0 Å². The molecule has 0 bridgehead atoms. The Hall–Kier alpha value is -0.960. The number of quaternary nitrogens is 1. The second-order valence-corrected chi connectivity index (χ2v) is 5.74. The predicted octanol–water partition coefficient (Wildman–Crippen LogP) is -0.750. The highest BCUT2D eigenvalue weighted by atomic mass is 79.9. The zero-order valence-corrected chi connectivity index (χ0v) is 13.3. The normalized spacial score (nSPS) is 16.2. The number of rotatable bonds is 3. The minimum atomic E-state index is -0.342. The average Bonchev–Trinajstić information content (AvgIpc) is 2.86. The number of carbonyl (C=O) groups excluding carboxylic acids is 1. The van der Waals surface area contributed by atoms with Crippen molar-refractivity contribution in [3.8, 4) is 0 Å². The van der Waals surface area contributed by atoms with E-state index >= 15 is 0 Å². The topological polar surface area (TPSA) is 70.2 Å². The number of hydrogen-bond acceptors (Lipinski definition) is 4. The maximum Gasteiger partial charge on any atom is 0.293 e. The van der Waals surface area contributed by atoms with Gasteiger partial charge in [0.25, 0.3) is 5.91 Å². The summed E-state index contributed by atoms with van der Waals surface area (Å²) in [6.07, 6.45) is 0. The van der Waals surface area contributed by atoms with Gasteiger partial charge in [-0.2, -0.15) is 0 Å². The third kappa shape index (κ3) is 4.02. The molecule has 0 aromatic carbocycles. The smallest absolute Gasteiger partial charge is 0.293 e. The summed E-state index contributed by atoms with van der Waals surface area (Å²) in [6, 6.07) is 3.25. The fourth-order valence-corrected chi connectivity index (χ4v) is 2.69. The predicted molar refractivity (Wildman–Crippen MR) is 80.7 cm³/mol. The summed E-state index contributed by atoms with van der Waals surface area (Å²) in [5, 5.41) is 12.0.